The van der Waals surface area contributed by atoms with Crippen LogP contribution >= 0.6 is 0 Å². The van der Waals surface area contributed by atoms with Gasteiger partial charge in [0.1, 0.15) is 5.52 Å². The van der Waals surface area contributed by atoms with Gasteiger partial charge in [-0.3, -0.25) is 4.90 Å². The van der Waals surface area contributed by atoms with Gasteiger partial charge in [0.25, 0.3) is 0 Å². The fourth-order valence-corrected chi connectivity index (χ4v) is 2.60. The number of anilines is 1. The van der Waals surface area contributed by atoms with Crippen molar-refractivity contribution in [2.75, 3.05) is 25.9 Å². The van der Waals surface area contributed by atoms with Crippen molar-refractivity contribution in [2.24, 2.45) is 0 Å². The van der Waals surface area contributed by atoms with Gasteiger partial charge in [-0.05, 0) is 31.5 Å². The van der Waals surface area contributed by atoms with Crippen molar-refractivity contribution in [1.82, 2.24) is 9.88 Å². The third kappa shape index (κ3) is 2.72. The average molecular weight is 261 g/mol. The van der Waals surface area contributed by atoms with E-state index in [0.29, 0.717) is 11.8 Å². The topological polar surface area (TPSA) is 64.5 Å². The van der Waals surface area contributed by atoms with E-state index in [4.69, 9.17) is 14.9 Å². The summed E-state index contributed by atoms with van der Waals surface area (Å²) in [6.07, 6.45) is 2.62. The SMILES string of the molecule is COC1CCCN(Cc2nc3ccc(N)cc3o2)C1. The summed E-state index contributed by atoms with van der Waals surface area (Å²) in [5.41, 5.74) is 8.07. The van der Waals surface area contributed by atoms with Gasteiger partial charge in [0.2, 0.25) is 5.89 Å². The van der Waals surface area contributed by atoms with Crippen LogP contribution in [0.5, 0.6) is 0 Å². The predicted molar refractivity (Wildman–Crippen MR) is 73.7 cm³/mol. The molecule has 2 aromatic rings. The molecule has 0 aliphatic carbocycles. The Morgan fingerprint density at radius 1 is 1.53 bits per heavy atom. The number of hydrogen-bond acceptors (Lipinski definition) is 5. The number of fused-ring (bicyclic) bond motifs is 1. The van der Waals surface area contributed by atoms with Gasteiger partial charge in [0.15, 0.2) is 5.58 Å². The van der Waals surface area contributed by atoms with Crippen molar-refractivity contribution in [3.05, 3.63) is 24.1 Å². The normalized spacial score (nSPS) is 21.0. The van der Waals surface area contributed by atoms with Crippen LogP contribution in [0.15, 0.2) is 22.6 Å². The lowest BCUT2D eigenvalue weighted by molar-refractivity contribution is 0.0259. The smallest absolute Gasteiger partial charge is 0.209 e. The van der Waals surface area contributed by atoms with E-state index >= 15 is 0 Å². The zero-order valence-electron chi connectivity index (χ0n) is 11.1. The summed E-state index contributed by atoms with van der Waals surface area (Å²) < 4.78 is 11.2. The molecule has 1 aliphatic rings. The monoisotopic (exact) mass is 261 g/mol. The maximum absolute atomic E-state index is 5.75. The van der Waals surface area contributed by atoms with E-state index in [0.717, 1.165) is 49.5 Å². The Bertz CT molecular complexity index is 567. The van der Waals surface area contributed by atoms with Crippen LogP contribution in [-0.4, -0.2) is 36.2 Å². The fourth-order valence-electron chi connectivity index (χ4n) is 2.60. The summed E-state index contributed by atoms with van der Waals surface area (Å²) >= 11 is 0. The maximum atomic E-state index is 5.75. The molecule has 1 fully saturated rings. The Balaban J connectivity index is 1.74. The van der Waals surface area contributed by atoms with Crippen LogP contribution in [0.2, 0.25) is 0 Å². The van der Waals surface area contributed by atoms with Gasteiger partial charge >= 0.3 is 0 Å². The highest BCUT2D eigenvalue weighted by Gasteiger charge is 2.21. The molecule has 5 nitrogen and oxygen atoms in total. The minimum Gasteiger partial charge on any atom is -0.439 e. The van der Waals surface area contributed by atoms with Gasteiger partial charge in [-0.2, -0.15) is 0 Å². The summed E-state index contributed by atoms with van der Waals surface area (Å²) in [5.74, 6) is 0.748. The Kier molecular flexibility index (Phi) is 3.40. The summed E-state index contributed by atoms with van der Waals surface area (Å²) in [6.45, 7) is 2.74. The Labute approximate surface area is 112 Å². The number of ether oxygens (including phenoxy) is 1. The van der Waals surface area contributed by atoms with Crippen LogP contribution in [0.1, 0.15) is 18.7 Å². The van der Waals surface area contributed by atoms with E-state index in [1.807, 2.05) is 18.2 Å². The minimum absolute atomic E-state index is 0.328. The maximum Gasteiger partial charge on any atom is 0.209 e. The number of piperidine rings is 1. The van der Waals surface area contributed by atoms with Gasteiger partial charge in [0, 0.05) is 25.4 Å². The molecule has 5 heteroatoms. The van der Waals surface area contributed by atoms with Crippen LogP contribution in [0.25, 0.3) is 11.1 Å². The first-order valence-electron chi connectivity index (χ1n) is 6.64. The summed E-state index contributed by atoms with van der Waals surface area (Å²) in [7, 11) is 1.77. The van der Waals surface area contributed by atoms with E-state index < -0.39 is 0 Å². The highest BCUT2D eigenvalue weighted by Crippen LogP contribution is 2.21. The van der Waals surface area contributed by atoms with Gasteiger partial charge in [-0.15, -0.1) is 0 Å². The van der Waals surface area contributed by atoms with E-state index in [9.17, 15) is 0 Å². The molecular weight excluding hydrogens is 242 g/mol. The first kappa shape index (κ1) is 12.4. The number of hydrogen-bond donors (Lipinski definition) is 1. The Hall–Kier alpha value is -1.59. The van der Waals surface area contributed by atoms with Crippen molar-refractivity contribution in [3.63, 3.8) is 0 Å². The van der Waals surface area contributed by atoms with Crippen LogP contribution < -0.4 is 5.73 Å². The minimum atomic E-state index is 0.328. The van der Waals surface area contributed by atoms with Crippen molar-refractivity contribution in [3.8, 4) is 0 Å². The van der Waals surface area contributed by atoms with Crippen LogP contribution in [0.3, 0.4) is 0 Å². The lowest BCUT2D eigenvalue weighted by Crippen LogP contribution is -2.38. The zero-order valence-corrected chi connectivity index (χ0v) is 11.1. The quantitative estimate of drug-likeness (QED) is 0.856. The standard InChI is InChI=1S/C14H19N3O2/c1-18-11-3-2-6-17(8-11)9-14-16-12-5-4-10(15)7-13(12)19-14/h4-5,7,11H,2-3,6,8-9,15H2,1H3. The molecule has 0 spiro atoms. The summed E-state index contributed by atoms with van der Waals surface area (Å²) in [6, 6.07) is 5.56. The first-order chi connectivity index (χ1) is 9.24. The molecule has 1 saturated heterocycles. The summed E-state index contributed by atoms with van der Waals surface area (Å²) in [4.78, 5) is 6.82. The first-order valence-corrected chi connectivity index (χ1v) is 6.64. The van der Waals surface area contributed by atoms with Crippen molar-refractivity contribution < 1.29 is 9.15 Å². The van der Waals surface area contributed by atoms with Gasteiger partial charge in [-0.1, -0.05) is 0 Å². The molecule has 1 aromatic carbocycles. The number of nitrogen functional groups attached to an aromatic ring is 1. The second-order valence-electron chi connectivity index (χ2n) is 5.07. The van der Waals surface area contributed by atoms with E-state index in [1.165, 1.54) is 0 Å². The van der Waals surface area contributed by atoms with E-state index in [-0.39, 0.29) is 0 Å². The van der Waals surface area contributed by atoms with Gasteiger partial charge in [-0.25, -0.2) is 4.98 Å². The molecule has 2 N–H and O–H groups in total. The van der Waals surface area contributed by atoms with Crippen molar-refractivity contribution in [1.29, 1.82) is 0 Å². The van der Waals surface area contributed by atoms with Crippen molar-refractivity contribution >= 4 is 16.8 Å². The third-order valence-corrected chi connectivity index (χ3v) is 3.61. The highest BCUT2D eigenvalue weighted by atomic mass is 16.5. The number of rotatable bonds is 3. The largest absolute Gasteiger partial charge is 0.439 e. The Morgan fingerprint density at radius 3 is 3.26 bits per heavy atom. The number of aromatic nitrogens is 1. The number of benzene rings is 1. The third-order valence-electron chi connectivity index (χ3n) is 3.61. The number of nitrogens with zero attached hydrogens (tertiary/aromatic N) is 2. The van der Waals surface area contributed by atoms with Crippen LogP contribution in [-0.2, 0) is 11.3 Å². The molecule has 102 valence electrons. The van der Waals surface area contributed by atoms with Crippen molar-refractivity contribution in [2.45, 2.75) is 25.5 Å². The highest BCUT2D eigenvalue weighted by molar-refractivity contribution is 5.76. The molecule has 1 unspecified atom stereocenters. The van der Waals surface area contributed by atoms with Crippen LogP contribution in [0, 0.1) is 0 Å². The fraction of sp³-hybridized carbons (Fsp3) is 0.500. The lowest BCUT2D eigenvalue weighted by Gasteiger charge is -2.30. The van der Waals surface area contributed by atoms with E-state index in [1.54, 1.807) is 7.11 Å². The lowest BCUT2D eigenvalue weighted by atomic mass is 10.1. The molecule has 3 rings (SSSR count). The molecule has 0 saturated carbocycles. The molecule has 1 atom stereocenters. The molecule has 0 radical (unpaired) electrons. The predicted octanol–water partition coefficient (Wildman–Crippen LogP) is 2.02. The van der Waals surface area contributed by atoms with Gasteiger partial charge < -0.3 is 14.9 Å². The number of methoxy groups -OCH3 is 1. The second-order valence-corrected chi connectivity index (χ2v) is 5.07. The molecule has 19 heavy (non-hydrogen) atoms. The average Bonchev–Trinajstić information content (AvgIpc) is 2.80. The van der Waals surface area contributed by atoms with E-state index in [2.05, 4.69) is 9.88 Å². The summed E-state index contributed by atoms with van der Waals surface area (Å²) in [5, 5.41) is 0. The molecule has 1 aromatic heterocycles. The zero-order chi connectivity index (χ0) is 13.2. The van der Waals surface area contributed by atoms with Crippen LogP contribution in [0.4, 0.5) is 5.69 Å². The molecule has 1 aliphatic heterocycles. The molecule has 0 amide bonds. The molecular formula is C14H19N3O2. The number of oxazole rings is 1. The molecule has 2 heterocycles. The van der Waals surface area contributed by atoms with Gasteiger partial charge in [0.05, 0.1) is 12.6 Å². The number of nitrogens with two attached hydrogens (primary N) is 1. The molecule has 0 bridgehead atoms. The Morgan fingerprint density at radius 2 is 2.42 bits per heavy atom. The number of likely N-dealkylation sites (tertiary alicyclic amines) is 1. The second kappa shape index (κ2) is 5.19.